The molecular formula is C14H23N3O2. The quantitative estimate of drug-likeness (QED) is 0.892. The average Bonchev–Trinajstić information content (AvgIpc) is 2.73. The molecule has 0 spiro atoms. The van der Waals surface area contributed by atoms with Gasteiger partial charge in [0, 0.05) is 5.56 Å². The summed E-state index contributed by atoms with van der Waals surface area (Å²) in [5.74, 6) is 0.393. The van der Waals surface area contributed by atoms with E-state index in [2.05, 4.69) is 10.3 Å². The number of nitrogens with one attached hydrogen (secondary N) is 1. The van der Waals surface area contributed by atoms with Gasteiger partial charge in [-0.05, 0) is 11.8 Å². The van der Waals surface area contributed by atoms with E-state index in [9.17, 15) is 9.59 Å². The SMILES string of the molecule is CC.CC(C)c1nc2n(c(=O)c1C(C)C)C(=O)CN2. The Morgan fingerprint density at radius 2 is 1.68 bits per heavy atom. The molecule has 0 bridgehead atoms. The molecule has 5 nitrogen and oxygen atoms in total. The van der Waals surface area contributed by atoms with Gasteiger partial charge in [0.15, 0.2) is 0 Å². The molecule has 0 aliphatic carbocycles. The zero-order valence-electron chi connectivity index (χ0n) is 12.6. The van der Waals surface area contributed by atoms with Crippen LogP contribution in [0.1, 0.15) is 69.4 Å². The second kappa shape index (κ2) is 5.99. The summed E-state index contributed by atoms with van der Waals surface area (Å²) in [7, 11) is 0. The first kappa shape index (κ1) is 15.4. The molecule has 0 fully saturated rings. The molecule has 106 valence electrons. The molecule has 0 saturated carbocycles. The number of rotatable bonds is 2. The highest BCUT2D eigenvalue weighted by atomic mass is 16.2. The van der Waals surface area contributed by atoms with Gasteiger partial charge in [0.2, 0.25) is 5.95 Å². The van der Waals surface area contributed by atoms with Crippen molar-refractivity contribution in [2.45, 2.75) is 53.4 Å². The van der Waals surface area contributed by atoms with Gasteiger partial charge in [-0.2, -0.15) is 0 Å². The molecule has 0 aromatic carbocycles. The first-order chi connectivity index (χ1) is 8.93. The minimum Gasteiger partial charge on any atom is -0.346 e. The lowest BCUT2D eigenvalue weighted by Crippen LogP contribution is -2.30. The number of hydrogen-bond donors (Lipinski definition) is 1. The van der Waals surface area contributed by atoms with Crippen LogP contribution in [0.5, 0.6) is 0 Å². The number of carbonyl (C=O) groups excluding carboxylic acids is 1. The molecule has 1 aliphatic heterocycles. The number of hydrogen-bond acceptors (Lipinski definition) is 4. The van der Waals surface area contributed by atoms with Gasteiger partial charge >= 0.3 is 0 Å². The van der Waals surface area contributed by atoms with E-state index in [0.717, 1.165) is 10.3 Å². The highest BCUT2D eigenvalue weighted by Crippen LogP contribution is 2.23. The molecule has 2 rings (SSSR count). The van der Waals surface area contributed by atoms with Crippen molar-refractivity contribution in [3.63, 3.8) is 0 Å². The van der Waals surface area contributed by atoms with Crippen molar-refractivity contribution in [3.8, 4) is 0 Å². The van der Waals surface area contributed by atoms with Crippen LogP contribution in [-0.4, -0.2) is 22.0 Å². The zero-order chi connectivity index (χ0) is 14.7. The maximum Gasteiger partial charge on any atom is 0.265 e. The highest BCUT2D eigenvalue weighted by molar-refractivity contribution is 5.89. The molecule has 0 radical (unpaired) electrons. The zero-order valence-corrected chi connectivity index (χ0v) is 12.6. The third kappa shape index (κ3) is 2.69. The van der Waals surface area contributed by atoms with Gasteiger partial charge in [-0.25, -0.2) is 9.55 Å². The van der Waals surface area contributed by atoms with Gasteiger partial charge in [0.05, 0.1) is 12.2 Å². The summed E-state index contributed by atoms with van der Waals surface area (Å²) in [5.41, 5.74) is 1.22. The van der Waals surface area contributed by atoms with E-state index < -0.39 is 0 Å². The number of aromatic nitrogens is 2. The first-order valence-corrected chi connectivity index (χ1v) is 6.87. The molecule has 5 heteroatoms. The van der Waals surface area contributed by atoms with Gasteiger partial charge in [-0.1, -0.05) is 41.5 Å². The Morgan fingerprint density at radius 1 is 1.11 bits per heavy atom. The van der Waals surface area contributed by atoms with E-state index in [1.54, 1.807) is 0 Å². The van der Waals surface area contributed by atoms with Crippen LogP contribution < -0.4 is 10.9 Å². The first-order valence-electron chi connectivity index (χ1n) is 6.87. The lowest BCUT2D eigenvalue weighted by Gasteiger charge is -2.15. The second-order valence-corrected chi connectivity index (χ2v) is 4.93. The Balaban J connectivity index is 0.000000861. The Labute approximate surface area is 114 Å². The molecule has 0 atom stereocenters. The predicted molar refractivity (Wildman–Crippen MR) is 77.1 cm³/mol. The minimum absolute atomic E-state index is 0.0681. The van der Waals surface area contributed by atoms with Crippen molar-refractivity contribution in [1.82, 2.24) is 9.55 Å². The molecule has 0 saturated heterocycles. The van der Waals surface area contributed by atoms with Crippen LogP contribution in [0.25, 0.3) is 0 Å². The summed E-state index contributed by atoms with van der Waals surface area (Å²) in [4.78, 5) is 28.3. The summed E-state index contributed by atoms with van der Waals surface area (Å²) in [6.07, 6.45) is 0. The van der Waals surface area contributed by atoms with Crippen LogP contribution in [0, 0.1) is 0 Å². The van der Waals surface area contributed by atoms with Crippen LogP contribution in [0.2, 0.25) is 0 Å². The Hall–Kier alpha value is -1.65. The predicted octanol–water partition coefficient (Wildman–Crippen LogP) is 2.58. The van der Waals surface area contributed by atoms with Crippen LogP contribution in [-0.2, 0) is 0 Å². The summed E-state index contributed by atoms with van der Waals surface area (Å²) in [5, 5.41) is 2.85. The van der Waals surface area contributed by atoms with Gasteiger partial charge in [-0.3, -0.25) is 9.59 Å². The van der Waals surface area contributed by atoms with Crippen molar-refractivity contribution in [2.75, 3.05) is 11.9 Å². The number of carbonyl (C=O) groups is 1. The fourth-order valence-electron chi connectivity index (χ4n) is 2.12. The van der Waals surface area contributed by atoms with Gasteiger partial charge in [-0.15, -0.1) is 0 Å². The van der Waals surface area contributed by atoms with Crippen molar-refractivity contribution in [1.29, 1.82) is 0 Å². The molecule has 1 aromatic heterocycles. The van der Waals surface area contributed by atoms with E-state index in [1.165, 1.54) is 0 Å². The third-order valence-electron chi connectivity index (χ3n) is 2.92. The van der Waals surface area contributed by atoms with Crippen LogP contribution in [0.15, 0.2) is 4.79 Å². The van der Waals surface area contributed by atoms with Crippen LogP contribution in [0.3, 0.4) is 0 Å². The van der Waals surface area contributed by atoms with E-state index in [1.807, 2.05) is 41.5 Å². The monoisotopic (exact) mass is 265 g/mol. The summed E-state index contributed by atoms with van der Waals surface area (Å²) < 4.78 is 1.15. The molecule has 1 aromatic rings. The maximum atomic E-state index is 12.3. The molecular weight excluding hydrogens is 242 g/mol. The Morgan fingerprint density at radius 3 is 2.16 bits per heavy atom. The number of fused-ring (bicyclic) bond motifs is 1. The summed E-state index contributed by atoms with van der Waals surface area (Å²) in [6.45, 7) is 12.1. The van der Waals surface area contributed by atoms with Gasteiger partial charge in [0.1, 0.15) is 0 Å². The fourth-order valence-corrected chi connectivity index (χ4v) is 2.12. The minimum atomic E-state index is -0.227. The van der Waals surface area contributed by atoms with E-state index in [-0.39, 0.29) is 29.8 Å². The van der Waals surface area contributed by atoms with Crippen LogP contribution in [0.4, 0.5) is 5.95 Å². The summed E-state index contributed by atoms with van der Waals surface area (Å²) in [6, 6.07) is 0. The smallest absolute Gasteiger partial charge is 0.265 e. The maximum absolute atomic E-state index is 12.3. The second-order valence-electron chi connectivity index (χ2n) is 4.93. The lowest BCUT2D eigenvalue weighted by atomic mass is 9.96. The van der Waals surface area contributed by atoms with Gasteiger partial charge in [0.25, 0.3) is 11.5 Å². The van der Waals surface area contributed by atoms with Gasteiger partial charge < -0.3 is 5.32 Å². The number of anilines is 1. The van der Waals surface area contributed by atoms with E-state index in [4.69, 9.17) is 0 Å². The normalized spacial score (nSPS) is 13.2. The fraction of sp³-hybridized carbons (Fsp3) is 0.643. The largest absolute Gasteiger partial charge is 0.346 e. The van der Waals surface area contributed by atoms with Crippen molar-refractivity contribution in [2.24, 2.45) is 0 Å². The third-order valence-corrected chi connectivity index (χ3v) is 2.92. The standard InChI is InChI=1S/C12H17N3O2.C2H6/c1-6(2)9-10(7(3)4)14-12-13-5-8(16)15(12)11(9)17;1-2/h6-7H,5H2,1-4H3,(H,13,14);1-2H3. The topological polar surface area (TPSA) is 64.0 Å². The average molecular weight is 265 g/mol. The molecule has 2 heterocycles. The number of nitrogens with zero attached hydrogens (tertiary/aromatic N) is 2. The molecule has 19 heavy (non-hydrogen) atoms. The molecule has 1 aliphatic rings. The highest BCUT2D eigenvalue weighted by Gasteiger charge is 2.27. The van der Waals surface area contributed by atoms with Crippen molar-refractivity contribution >= 4 is 11.9 Å². The van der Waals surface area contributed by atoms with Crippen molar-refractivity contribution in [3.05, 3.63) is 21.6 Å². The van der Waals surface area contributed by atoms with Crippen molar-refractivity contribution < 1.29 is 4.79 Å². The molecule has 0 unspecified atom stereocenters. The Bertz CT molecular complexity index is 530. The lowest BCUT2D eigenvalue weighted by molar-refractivity contribution is 0.0939. The molecule has 1 N–H and O–H groups in total. The van der Waals surface area contributed by atoms with E-state index in [0.29, 0.717) is 11.5 Å². The van der Waals surface area contributed by atoms with Crippen LogP contribution >= 0.6 is 0 Å². The van der Waals surface area contributed by atoms with E-state index >= 15 is 0 Å². The molecule has 0 amide bonds. The summed E-state index contributed by atoms with van der Waals surface area (Å²) >= 11 is 0. The Kier molecular flexibility index (Phi) is 4.86.